The maximum absolute atomic E-state index is 11.9. The van der Waals surface area contributed by atoms with Crippen LogP contribution in [0, 0.1) is 5.92 Å². The minimum absolute atomic E-state index is 0.128. The molecule has 3 aliphatic rings. The number of carbonyl (C=O) groups is 2. The second-order valence-electron chi connectivity index (χ2n) is 5.31. The molecule has 0 aromatic carbocycles. The molecule has 0 aromatic rings. The summed E-state index contributed by atoms with van der Waals surface area (Å²) in [4.78, 5) is 26.8. The van der Waals surface area contributed by atoms with Crippen molar-refractivity contribution in [2.24, 2.45) is 11.8 Å². The highest BCUT2D eigenvalue weighted by Gasteiger charge is 2.43. The third-order valence-electron chi connectivity index (χ3n) is 3.74. The van der Waals surface area contributed by atoms with Crippen LogP contribution in [0.4, 0.5) is 4.79 Å². The number of hydrogen-bond donors (Lipinski definition) is 2. The van der Waals surface area contributed by atoms with Crippen LogP contribution in [0.25, 0.3) is 0 Å². The molecule has 0 saturated heterocycles. The quantitative estimate of drug-likeness (QED) is 0.338. The molecule has 0 radical (unpaired) electrons. The number of thioether (sulfide) groups is 1. The monoisotopic (exact) mass is 282 g/mol. The number of hydrogen-bond acceptors (Lipinski definition) is 5. The molecule has 104 valence electrons. The Hall–Kier alpha value is -1.05. The highest BCUT2D eigenvalue weighted by Crippen LogP contribution is 2.42. The molecule has 1 atom stereocenters. The standard InChI is InChI=1S/C12H18N4O2S/c13-14-11(18)16-10(6-17)7-19-12(16)15(9-3-4-9)5-8-1-2-8/h6-9,12H,1-5,13H2,(H,14,18). The minimum atomic E-state index is -0.421. The van der Waals surface area contributed by atoms with Gasteiger partial charge in [0.25, 0.3) is 0 Å². The lowest BCUT2D eigenvalue weighted by Gasteiger charge is -2.34. The van der Waals surface area contributed by atoms with Crippen LogP contribution in [0.15, 0.2) is 11.1 Å². The summed E-state index contributed by atoms with van der Waals surface area (Å²) in [5.74, 6) is 5.98. The molecule has 1 heterocycles. The minimum Gasteiger partial charge on any atom is -0.296 e. The van der Waals surface area contributed by atoms with E-state index in [9.17, 15) is 9.59 Å². The van der Waals surface area contributed by atoms with Crippen molar-refractivity contribution in [3.05, 3.63) is 11.1 Å². The van der Waals surface area contributed by atoms with E-state index in [2.05, 4.69) is 10.3 Å². The SMILES string of the molecule is NNC(=O)N1C(C=O)=CSC1N(CC1CC1)C1CC1. The van der Waals surface area contributed by atoms with E-state index in [1.807, 2.05) is 0 Å². The van der Waals surface area contributed by atoms with Gasteiger partial charge in [0.1, 0.15) is 5.50 Å². The number of nitrogens with zero attached hydrogens (tertiary/aromatic N) is 2. The Morgan fingerprint density at radius 1 is 1.53 bits per heavy atom. The molecule has 3 rings (SSSR count). The highest BCUT2D eigenvalue weighted by atomic mass is 32.2. The number of amides is 2. The van der Waals surface area contributed by atoms with Gasteiger partial charge in [0.15, 0.2) is 6.29 Å². The van der Waals surface area contributed by atoms with Gasteiger partial charge >= 0.3 is 6.03 Å². The van der Waals surface area contributed by atoms with Crippen molar-refractivity contribution in [2.75, 3.05) is 6.54 Å². The van der Waals surface area contributed by atoms with Crippen LogP contribution in [0.2, 0.25) is 0 Å². The third kappa shape index (κ3) is 2.63. The predicted molar refractivity (Wildman–Crippen MR) is 72.5 cm³/mol. The first kappa shape index (κ1) is 13.0. The van der Waals surface area contributed by atoms with Gasteiger partial charge in [-0.05, 0) is 31.6 Å². The summed E-state index contributed by atoms with van der Waals surface area (Å²) in [6.07, 6.45) is 5.62. The Bertz CT molecular complexity index is 420. The molecule has 7 heteroatoms. The van der Waals surface area contributed by atoms with E-state index < -0.39 is 6.03 Å². The zero-order chi connectivity index (χ0) is 13.4. The van der Waals surface area contributed by atoms with Crippen molar-refractivity contribution < 1.29 is 9.59 Å². The summed E-state index contributed by atoms with van der Waals surface area (Å²) in [5, 5.41) is 1.75. The molecule has 1 unspecified atom stereocenters. The van der Waals surface area contributed by atoms with Gasteiger partial charge in [0, 0.05) is 18.0 Å². The zero-order valence-electron chi connectivity index (χ0n) is 10.6. The average molecular weight is 282 g/mol. The van der Waals surface area contributed by atoms with Crippen molar-refractivity contribution >= 4 is 24.1 Å². The van der Waals surface area contributed by atoms with E-state index in [-0.39, 0.29) is 5.50 Å². The molecular formula is C12H18N4O2S. The Labute approximate surface area is 116 Å². The van der Waals surface area contributed by atoms with Crippen LogP contribution in [0.1, 0.15) is 25.7 Å². The zero-order valence-corrected chi connectivity index (χ0v) is 11.4. The van der Waals surface area contributed by atoms with Gasteiger partial charge < -0.3 is 0 Å². The fourth-order valence-corrected chi connectivity index (χ4v) is 3.58. The second kappa shape index (κ2) is 5.15. The van der Waals surface area contributed by atoms with E-state index >= 15 is 0 Å². The van der Waals surface area contributed by atoms with Crippen LogP contribution in [0.5, 0.6) is 0 Å². The Kier molecular flexibility index (Phi) is 3.51. The van der Waals surface area contributed by atoms with Gasteiger partial charge in [-0.3, -0.25) is 20.0 Å². The highest BCUT2D eigenvalue weighted by molar-refractivity contribution is 8.02. The first-order chi connectivity index (χ1) is 9.24. The molecule has 19 heavy (non-hydrogen) atoms. The fourth-order valence-electron chi connectivity index (χ4n) is 2.40. The van der Waals surface area contributed by atoms with Crippen LogP contribution in [-0.4, -0.2) is 40.2 Å². The van der Waals surface area contributed by atoms with Gasteiger partial charge in [-0.15, -0.1) is 0 Å². The number of carbonyl (C=O) groups excluding carboxylic acids is 2. The summed E-state index contributed by atoms with van der Waals surface area (Å²) in [6, 6.07) is 0.125. The molecule has 3 N–H and O–H groups in total. The molecule has 6 nitrogen and oxygen atoms in total. The third-order valence-corrected chi connectivity index (χ3v) is 4.84. The van der Waals surface area contributed by atoms with E-state index in [0.717, 1.165) is 12.5 Å². The van der Waals surface area contributed by atoms with E-state index in [1.54, 1.807) is 5.41 Å². The molecule has 2 aliphatic carbocycles. The van der Waals surface area contributed by atoms with Crippen LogP contribution >= 0.6 is 11.8 Å². The maximum atomic E-state index is 11.9. The lowest BCUT2D eigenvalue weighted by Crippen LogP contribution is -2.52. The number of nitrogens with one attached hydrogen (secondary N) is 1. The van der Waals surface area contributed by atoms with Gasteiger partial charge in [-0.25, -0.2) is 10.6 Å². The maximum Gasteiger partial charge on any atom is 0.338 e. The van der Waals surface area contributed by atoms with Crippen molar-refractivity contribution in [3.63, 3.8) is 0 Å². The molecule has 2 amide bonds. The molecule has 0 spiro atoms. The topological polar surface area (TPSA) is 78.7 Å². The van der Waals surface area contributed by atoms with Gasteiger partial charge in [-0.1, -0.05) is 11.8 Å². The number of nitrogens with two attached hydrogens (primary N) is 1. The first-order valence-corrected chi connectivity index (χ1v) is 7.55. The van der Waals surface area contributed by atoms with Gasteiger partial charge in [0.05, 0.1) is 5.70 Å². The Morgan fingerprint density at radius 3 is 2.79 bits per heavy atom. The van der Waals surface area contributed by atoms with Crippen molar-refractivity contribution in [1.29, 1.82) is 0 Å². The molecule has 2 fully saturated rings. The summed E-state index contributed by atoms with van der Waals surface area (Å²) in [6.45, 7) is 1.01. The van der Waals surface area contributed by atoms with Crippen LogP contribution < -0.4 is 11.3 Å². The largest absolute Gasteiger partial charge is 0.338 e. The summed E-state index contributed by atoms with van der Waals surface area (Å²) < 4.78 is 0. The van der Waals surface area contributed by atoms with Crippen molar-refractivity contribution in [1.82, 2.24) is 15.2 Å². The van der Waals surface area contributed by atoms with Gasteiger partial charge in [0.2, 0.25) is 0 Å². The molecule has 0 bridgehead atoms. The first-order valence-electron chi connectivity index (χ1n) is 6.61. The molecule has 0 aromatic heterocycles. The van der Waals surface area contributed by atoms with E-state index in [4.69, 9.17) is 5.84 Å². The Morgan fingerprint density at radius 2 is 2.26 bits per heavy atom. The van der Waals surface area contributed by atoms with E-state index in [1.165, 1.54) is 42.3 Å². The molecule has 2 saturated carbocycles. The number of hydrazine groups is 1. The number of allylic oxidation sites excluding steroid dienone is 1. The number of aldehydes is 1. The summed E-state index contributed by atoms with van der Waals surface area (Å²) in [7, 11) is 0. The summed E-state index contributed by atoms with van der Waals surface area (Å²) in [5.41, 5.74) is 2.39. The summed E-state index contributed by atoms with van der Waals surface area (Å²) >= 11 is 1.52. The van der Waals surface area contributed by atoms with Crippen LogP contribution in [0.3, 0.4) is 0 Å². The Balaban J connectivity index is 1.76. The fraction of sp³-hybridized carbons (Fsp3) is 0.667. The normalized spacial score (nSPS) is 26.5. The number of urea groups is 1. The van der Waals surface area contributed by atoms with Gasteiger partial charge in [-0.2, -0.15) is 0 Å². The lowest BCUT2D eigenvalue weighted by atomic mass is 10.3. The van der Waals surface area contributed by atoms with Crippen molar-refractivity contribution in [3.8, 4) is 0 Å². The average Bonchev–Trinajstić information content (AvgIpc) is 3.32. The van der Waals surface area contributed by atoms with Crippen molar-refractivity contribution in [2.45, 2.75) is 37.2 Å². The predicted octanol–water partition coefficient (Wildman–Crippen LogP) is 0.817. The smallest absolute Gasteiger partial charge is 0.296 e. The molecule has 1 aliphatic heterocycles. The van der Waals surface area contributed by atoms with E-state index in [0.29, 0.717) is 18.0 Å². The second-order valence-corrected chi connectivity index (χ2v) is 6.24. The lowest BCUT2D eigenvalue weighted by molar-refractivity contribution is -0.106. The van der Waals surface area contributed by atoms with Crippen LogP contribution in [-0.2, 0) is 4.79 Å². The molecular weight excluding hydrogens is 264 g/mol. The number of rotatable bonds is 5.